The molecule has 29 heavy (non-hydrogen) atoms. The van der Waals surface area contributed by atoms with Crippen LogP contribution in [-0.4, -0.2) is 37.5 Å². The summed E-state index contributed by atoms with van der Waals surface area (Å²) in [5.74, 6) is 1.03. The summed E-state index contributed by atoms with van der Waals surface area (Å²) in [6, 6.07) is 14.8. The Labute approximate surface area is 172 Å². The van der Waals surface area contributed by atoms with Gasteiger partial charge in [0, 0.05) is 21.2 Å². The van der Waals surface area contributed by atoms with Crippen LogP contribution in [0.5, 0.6) is 5.75 Å². The van der Waals surface area contributed by atoms with Crippen LogP contribution < -0.4 is 15.6 Å². The summed E-state index contributed by atoms with van der Waals surface area (Å²) in [6.07, 6.45) is 0. The molecule has 144 valence electrons. The molecule has 0 fully saturated rings. The number of para-hydroxylation sites is 1. The predicted molar refractivity (Wildman–Crippen MR) is 109 cm³/mol. The van der Waals surface area contributed by atoms with Crippen molar-refractivity contribution in [2.45, 2.75) is 6.04 Å². The molecule has 4 aromatic rings. The number of hydrogen-bond acceptors (Lipinski definition) is 7. The van der Waals surface area contributed by atoms with E-state index >= 15 is 0 Å². The second-order valence-electron chi connectivity index (χ2n) is 6.41. The molecule has 2 aromatic carbocycles. The lowest BCUT2D eigenvalue weighted by Crippen LogP contribution is -2.29. The van der Waals surface area contributed by atoms with Crippen LogP contribution in [0.3, 0.4) is 0 Å². The zero-order valence-corrected chi connectivity index (χ0v) is 16.7. The number of H-pyrrole nitrogens is 1. The molecule has 3 heterocycles. The van der Waals surface area contributed by atoms with Gasteiger partial charge in [0.15, 0.2) is 0 Å². The van der Waals surface area contributed by atoms with Crippen LogP contribution in [0.2, 0.25) is 0 Å². The molecule has 1 aliphatic rings. The topological polar surface area (TPSA) is 111 Å². The number of nitrogens with one attached hydrogen (secondary N) is 2. The number of nitrogens with zero attached hydrogens (tertiary/aromatic N) is 5. The van der Waals surface area contributed by atoms with Crippen molar-refractivity contribution in [1.29, 1.82) is 0 Å². The minimum atomic E-state index is -0.499. The largest absolute Gasteiger partial charge is 0.496 e. The maximum atomic E-state index is 12.7. The summed E-state index contributed by atoms with van der Waals surface area (Å²) >= 11 is 3.45. The van der Waals surface area contributed by atoms with E-state index in [1.807, 2.05) is 48.5 Å². The Morgan fingerprint density at radius 3 is 2.72 bits per heavy atom. The molecule has 10 heteroatoms. The molecular weight excluding hydrogens is 438 g/mol. The third-order valence-corrected chi connectivity index (χ3v) is 5.35. The first-order valence-corrected chi connectivity index (χ1v) is 9.53. The van der Waals surface area contributed by atoms with Crippen molar-refractivity contribution in [3.63, 3.8) is 0 Å². The van der Waals surface area contributed by atoms with E-state index < -0.39 is 6.04 Å². The van der Waals surface area contributed by atoms with Crippen molar-refractivity contribution in [1.82, 2.24) is 30.4 Å². The molecule has 0 saturated carbocycles. The zero-order valence-electron chi connectivity index (χ0n) is 15.1. The zero-order chi connectivity index (χ0) is 20.0. The molecule has 0 bridgehead atoms. The quantitative estimate of drug-likeness (QED) is 0.433. The molecule has 0 aliphatic carbocycles. The average Bonchev–Trinajstić information content (AvgIpc) is 3.22. The molecule has 0 amide bonds. The number of aromatic amines is 1. The number of fused-ring (bicyclic) bond motifs is 2. The number of halogens is 1. The summed E-state index contributed by atoms with van der Waals surface area (Å²) in [5.41, 5.74) is 2.96. The van der Waals surface area contributed by atoms with E-state index in [1.54, 1.807) is 11.8 Å². The highest BCUT2D eigenvalue weighted by Crippen LogP contribution is 2.43. The lowest BCUT2D eigenvalue weighted by atomic mass is 9.92. The van der Waals surface area contributed by atoms with Gasteiger partial charge in [-0.15, -0.1) is 0 Å². The van der Waals surface area contributed by atoms with Gasteiger partial charge in [-0.25, -0.2) is 5.10 Å². The van der Waals surface area contributed by atoms with Gasteiger partial charge < -0.3 is 10.1 Å². The molecular formula is C19H14BrN7O2. The summed E-state index contributed by atoms with van der Waals surface area (Å²) in [5, 5.41) is 21.9. The Kier molecular flexibility index (Phi) is 4.13. The highest BCUT2D eigenvalue weighted by Gasteiger charge is 2.35. The highest BCUT2D eigenvalue weighted by atomic mass is 79.9. The Hall–Kier alpha value is -3.53. The second-order valence-corrected chi connectivity index (χ2v) is 7.33. The first kappa shape index (κ1) is 17.6. The molecule has 2 N–H and O–H groups in total. The molecule has 2 aromatic heterocycles. The van der Waals surface area contributed by atoms with Crippen LogP contribution >= 0.6 is 15.9 Å². The van der Waals surface area contributed by atoms with Crippen LogP contribution in [0.15, 0.2) is 57.8 Å². The van der Waals surface area contributed by atoms with Gasteiger partial charge in [0.25, 0.3) is 5.56 Å². The number of rotatable bonds is 3. The fourth-order valence-corrected chi connectivity index (χ4v) is 3.81. The number of aromatic nitrogens is 6. The molecule has 0 unspecified atom stereocenters. The fourth-order valence-electron chi connectivity index (χ4n) is 3.55. The van der Waals surface area contributed by atoms with Crippen molar-refractivity contribution in [3.8, 4) is 17.0 Å². The highest BCUT2D eigenvalue weighted by molar-refractivity contribution is 9.10. The van der Waals surface area contributed by atoms with Crippen LogP contribution in [0.1, 0.15) is 17.2 Å². The third-order valence-electron chi connectivity index (χ3n) is 4.82. The van der Waals surface area contributed by atoms with Crippen molar-refractivity contribution in [2.24, 2.45) is 0 Å². The molecule has 0 spiro atoms. The smallest absolute Gasteiger partial charge is 0.288 e. The van der Waals surface area contributed by atoms with Gasteiger partial charge in [0.2, 0.25) is 5.95 Å². The molecule has 0 saturated heterocycles. The lowest BCUT2D eigenvalue weighted by Gasteiger charge is -2.28. The monoisotopic (exact) mass is 451 g/mol. The number of ether oxygens (including phenoxy) is 1. The van der Waals surface area contributed by atoms with Crippen molar-refractivity contribution in [3.05, 3.63) is 74.5 Å². The van der Waals surface area contributed by atoms with Crippen molar-refractivity contribution in [2.75, 3.05) is 12.4 Å². The Balaban J connectivity index is 1.84. The first-order valence-electron chi connectivity index (χ1n) is 8.73. The maximum Gasteiger partial charge on any atom is 0.288 e. The normalized spacial score (nSPS) is 14.6. The number of methoxy groups -OCH3 is 1. The number of hydrogen-bond donors (Lipinski definition) is 2. The van der Waals surface area contributed by atoms with Crippen LogP contribution in [0.25, 0.3) is 11.3 Å². The minimum absolute atomic E-state index is 0.352. The molecule has 1 atom stereocenters. The van der Waals surface area contributed by atoms with Crippen LogP contribution in [0, 0.1) is 0 Å². The summed E-state index contributed by atoms with van der Waals surface area (Å²) < 4.78 is 8.16. The third kappa shape index (κ3) is 2.80. The van der Waals surface area contributed by atoms with E-state index in [1.165, 1.54) is 0 Å². The van der Waals surface area contributed by atoms with Gasteiger partial charge in [-0.2, -0.15) is 9.78 Å². The van der Waals surface area contributed by atoms with Crippen molar-refractivity contribution < 1.29 is 4.74 Å². The van der Waals surface area contributed by atoms with E-state index in [4.69, 9.17) is 4.74 Å². The fraction of sp³-hybridized carbons (Fsp3) is 0.105. The number of benzene rings is 2. The SMILES string of the molecule is COc1ccccc1[C@@H]1c2c(-c3ccc(Br)cc3)n[nH]c(=O)c2Nc2nnnn21. The van der Waals surface area contributed by atoms with E-state index in [0.29, 0.717) is 28.6 Å². The molecule has 0 radical (unpaired) electrons. The van der Waals surface area contributed by atoms with Gasteiger partial charge >= 0.3 is 0 Å². The summed E-state index contributed by atoms with van der Waals surface area (Å²) in [4.78, 5) is 12.7. The van der Waals surface area contributed by atoms with Gasteiger partial charge in [0.05, 0.1) is 12.8 Å². The van der Waals surface area contributed by atoms with Crippen LogP contribution in [0.4, 0.5) is 11.6 Å². The molecule has 9 nitrogen and oxygen atoms in total. The average molecular weight is 452 g/mol. The van der Waals surface area contributed by atoms with Crippen LogP contribution in [-0.2, 0) is 0 Å². The first-order chi connectivity index (χ1) is 14.2. The lowest BCUT2D eigenvalue weighted by molar-refractivity contribution is 0.402. The second kappa shape index (κ2) is 6.82. The van der Waals surface area contributed by atoms with E-state index in [2.05, 4.69) is 47.0 Å². The molecule has 5 rings (SSSR count). The predicted octanol–water partition coefficient (Wildman–Crippen LogP) is 2.89. The van der Waals surface area contributed by atoms with E-state index in [9.17, 15) is 4.79 Å². The van der Waals surface area contributed by atoms with Crippen molar-refractivity contribution >= 4 is 27.6 Å². The van der Waals surface area contributed by atoms with Gasteiger partial charge in [0.1, 0.15) is 17.5 Å². The minimum Gasteiger partial charge on any atom is -0.496 e. The Bertz CT molecular complexity index is 1270. The molecule has 1 aliphatic heterocycles. The Morgan fingerprint density at radius 1 is 1.14 bits per heavy atom. The van der Waals surface area contributed by atoms with E-state index in [-0.39, 0.29) is 5.56 Å². The summed E-state index contributed by atoms with van der Waals surface area (Å²) in [7, 11) is 1.60. The van der Waals surface area contributed by atoms with Gasteiger partial charge in [-0.1, -0.05) is 51.4 Å². The number of tetrazole rings is 1. The standard InChI is InChI=1S/C19H14BrN7O2/c1-29-13-5-3-2-4-12(13)17-14-15(10-6-8-11(20)9-7-10)22-23-18(28)16(14)21-19-24-25-26-27(17)19/h2-9,17H,1H3,(H,23,28)(H,21,24,26)/t17-/m1/s1. The van der Waals surface area contributed by atoms with Gasteiger partial charge in [-0.05, 0) is 28.6 Å². The Morgan fingerprint density at radius 2 is 1.93 bits per heavy atom. The number of anilines is 2. The van der Waals surface area contributed by atoms with Gasteiger partial charge in [-0.3, -0.25) is 4.79 Å². The maximum absolute atomic E-state index is 12.7. The van der Waals surface area contributed by atoms with E-state index in [0.717, 1.165) is 15.6 Å². The summed E-state index contributed by atoms with van der Waals surface area (Å²) in [6.45, 7) is 0.